The van der Waals surface area contributed by atoms with Gasteiger partial charge in [-0.2, -0.15) is 0 Å². The van der Waals surface area contributed by atoms with Crippen LogP contribution in [0.25, 0.3) is 10.9 Å². The van der Waals surface area contributed by atoms with Crippen molar-refractivity contribution in [3.8, 4) is 0 Å². The molecule has 1 aliphatic heterocycles. The van der Waals surface area contributed by atoms with Crippen LogP contribution in [0.4, 0.5) is 0 Å². The normalized spacial score (nSPS) is 15.9. The van der Waals surface area contributed by atoms with E-state index < -0.39 is 0 Å². The lowest BCUT2D eigenvalue weighted by Crippen LogP contribution is -2.57. The predicted octanol–water partition coefficient (Wildman–Crippen LogP) is 1.02. The lowest BCUT2D eigenvalue weighted by Gasteiger charge is -2.37. The van der Waals surface area contributed by atoms with E-state index in [1.165, 1.54) is 0 Å². The zero-order valence-electron chi connectivity index (χ0n) is 9.34. The maximum absolute atomic E-state index is 12.2. The molecular weight excluding hydrogens is 214 g/mol. The topological polar surface area (TPSA) is 59.2 Å². The van der Waals surface area contributed by atoms with Crippen molar-refractivity contribution in [1.82, 2.24) is 9.88 Å². The number of carbonyl (C=O) groups excluding carboxylic acids is 1. The van der Waals surface area contributed by atoms with Crippen molar-refractivity contribution < 1.29 is 4.79 Å². The summed E-state index contributed by atoms with van der Waals surface area (Å²) in [6, 6.07) is 9.52. The lowest BCUT2D eigenvalue weighted by molar-refractivity contribution is 0.0610. The molecule has 4 nitrogen and oxygen atoms in total. The fourth-order valence-electron chi connectivity index (χ4n) is 2.14. The van der Waals surface area contributed by atoms with Gasteiger partial charge in [-0.25, -0.2) is 0 Å². The number of aromatic nitrogens is 1. The number of carbonyl (C=O) groups is 1. The average Bonchev–Trinajstić information content (AvgIpc) is 2.33. The molecule has 1 amide bonds. The van der Waals surface area contributed by atoms with Gasteiger partial charge < -0.3 is 10.6 Å². The van der Waals surface area contributed by atoms with Crippen molar-refractivity contribution in [3.05, 3.63) is 42.1 Å². The molecule has 2 N–H and O–H groups in total. The van der Waals surface area contributed by atoms with Crippen LogP contribution in [0.3, 0.4) is 0 Å². The number of rotatable bonds is 1. The van der Waals surface area contributed by atoms with Gasteiger partial charge in [-0.05, 0) is 18.2 Å². The largest absolute Gasteiger partial charge is 0.335 e. The van der Waals surface area contributed by atoms with Gasteiger partial charge in [-0.1, -0.05) is 12.1 Å². The monoisotopic (exact) mass is 227 g/mol. The molecule has 0 aliphatic carbocycles. The second-order valence-corrected chi connectivity index (χ2v) is 4.35. The van der Waals surface area contributed by atoms with Gasteiger partial charge >= 0.3 is 0 Å². The summed E-state index contributed by atoms with van der Waals surface area (Å²) >= 11 is 0. The van der Waals surface area contributed by atoms with Crippen LogP contribution in [-0.4, -0.2) is 34.9 Å². The minimum Gasteiger partial charge on any atom is -0.335 e. The van der Waals surface area contributed by atoms with Gasteiger partial charge in [0.05, 0.1) is 5.52 Å². The van der Waals surface area contributed by atoms with Crippen LogP contribution in [0.1, 0.15) is 10.4 Å². The van der Waals surface area contributed by atoms with E-state index in [0.29, 0.717) is 18.7 Å². The second-order valence-electron chi connectivity index (χ2n) is 4.35. The molecule has 3 rings (SSSR count). The van der Waals surface area contributed by atoms with Gasteiger partial charge in [0.15, 0.2) is 0 Å². The number of hydrogen-bond donors (Lipinski definition) is 1. The quantitative estimate of drug-likeness (QED) is 0.791. The Morgan fingerprint density at radius 2 is 2.12 bits per heavy atom. The van der Waals surface area contributed by atoms with Crippen LogP contribution in [-0.2, 0) is 0 Å². The Balaban J connectivity index is 2.02. The van der Waals surface area contributed by atoms with Gasteiger partial charge in [0.1, 0.15) is 0 Å². The zero-order chi connectivity index (χ0) is 11.8. The number of fused-ring (bicyclic) bond motifs is 1. The summed E-state index contributed by atoms with van der Waals surface area (Å²) < 4.78 is 0. The van der Waals surface area contributed by atoms with Crippen LogP contribution in [0.5, 0.6) is 0 Å². The van der Waals surface area contributed by atoms with Crippen molar-refractivity contribution in [3.63, 3.8) is 0 Å². The van der Waals surface area contributed by atoms with E-state index in [2.05, 4.69) is 4.98 Å². The van der Waals surface area contributed by atoms with Gasteiger partial charge in [0.2, 0.25) is 0 Å². The summed E-state index contributed by atoms with van der Waals surface area (Å²) in [5.74, 6) is 0.0466. The Labute approximate surface area is 99.0 Å². The first-order valence-electron chi connectivity index (χ1n) is 5.64. The average molecular weight is 227 g/mol. The molecule has 17 heavy (non-hydrogen) atoms. The van der Waals surface area contributed by atoms with Gasteiger partial charge in [0.25, 0.3) is 5.91 Å². The molecule has 0 bridgehead atoms. The lowest BCUT2D eigenvalue weighted by atomic mass is 10.0. The molecular formula is C13H13N3O. The highest BCUT2D eigenvalue weighted by atomic mass is 16.2. The van der Waals surface area contributed by atoms with E-state index in [9.17, 15) is 4.79 Å². The van der Waals surface area contributed by atoms with E-state index in [0.717, 1.165) is 10.9 Å². The summed E-state index contributed by atoms with van der Waals surface area (Å²) in [5.41, 5.74) is 7.25. The van der Waals surface area contributed by atoms with Crippen molar-refractivity contribution in [1.29, 1.82) is 0 Å². The second kappa shape index (κ2) is 3.82. The van der Waals surface area contributed by atoms with E-state index >= 15 is 0 Å². The maximum atomic E-state index is 12.2. The first kappa shape index (κ1) is 10.2. The van der Waals surface area contributed by atoms with Crippen molar-refractivity contribution >= 4 is 16.8 Å². The Morgan fingerprint density at radius 1 is 1.29 bits per heavy atom. The molecule has 0 radical (unpaired) electrons. The van der Waals surface area contributed by atoms with Crippen LogP contribution in [0, 0.1) is 0 Å². The minimum absolute atomic E-state index is 0.0466. The van der Waals surface area contributed by atoms with Crippen LogP contribution < -0.4 is 5.73 Å². The van der Waals surface area contributed by atoms with E-state index in [1.54, 1.807) is 11.1 Å². The first-order chi connectivity index (χ1) is 8.25. The standard InChI is InChI=1S/C13H13N3O/c14-9-7-16(8-9)13(17)11-3-1-5-12-10(11)4-2-6-15-12/h1-6,9H,7-8,14H2. The van der Waals surface area contributed by atoms with E-state index in [1.807, 2.05) is 30.3 Å². The fourth-order valence-corrected chi connectivity index (χ4v) is 2.14. The molecule has 0 saturated carbocycles. The van der Waals surface area contributed by atoms with E-state index in [4.69, 9.17) is 5.73 Å². The molecule has 0 spiro atoms. The van der Waals surface area contributed by atoms with Gasteiger partial charge in [-0.3, -0.25) is 9.78 Å². The number of amides is 1. The van der Waals surface area contributed by atoms with Crippen molar-refractivity contribution in [2.45, 2.75) is 6.04 Å². The Hall–Kier alpha value is -1.94. The number of hydrogen-bond acceptors (Lipinski definition) is 3. The minimum atomic E-state index is 0.0466. The molecule has 1 saturated heterocycles. The summed E-state index contributed by atoms with van der Waals surface area (Å²) in [5, 5.41) is 0.903. The summed E-state index contributed by atoms with van der Waals surface area (Å²) in [7, 11) is 0. The third kappa shape index (κ3) is 1.66. The number of nitrogens with zero attached hydrogens (tertiary/aromatic N) is 2. The third-order valence-electron chi connectivity index (χ3n) is 3.07. The molecule has 1 aromatic carbocycles. The third-order valence-corrected chi connectivity index (χ3v) is 3.07. The number of nitrogens with two attached hydrogens (primary N) is 1. The zero-order valence-corrected chi connectivity index (χ0v) is 9.34. The predicted molar refractivity (Wildman–Crippen MR) is 65.6 cm³/mol. The summed E-state index contributed by atoms with van der Waals surface area (Å²) in [6.45, 7) is 1.30. The Bertz CT molecular complexity index is 570. The van der Waals surface area contributed by atoms with Crippen LogP contribution >= 0.6 is 0 Å². The van der Waals surface area contributed by atoms with Crippen molar-refractivity contribution in [2.24, 2.45) is 5.73 Å². The molecule has 1 aromatic heterocycles. The molecule has 0 unspecified atom stereocenters. The molecule has 2 aromatic rings. The Kier molecular flexibility index (Phi) is 2.30. The molecule has 4 heteroatoms. The molecule has 1 aliphatic rings. The summed E-state index contributed by atoms with van der Waals surface area (Å²) in [6.07, 6.45) is 1.73. The van der Waals surface area contributed by atoms with Gasteiger partial charge in [0, 0.05) is 36.3 Å². The molecule has 0 atom stereocenters. The van der Waals surface area contributed by atoms with Crippen LogP contribution in [0.2, 0.25) is 0 Å². The highest BCUT2D eigenvalue weighted by Crippen LogP contribution is 2.20. The molecule has 86 valence electrons. The highest BCUT2D eigenvalue weighted by Gasteiger charge is 2.29. The highest BCUT2D eigenvalue weighted by molar-refractivity contribution is 6.06. The van der Waals surface area contributed by atoms with E-state index in [-0.39, 0.29) is 11.9 Å². The number of benzene rings is 1. The molecule has 2 heterocycles. The SMILES string of the molecule is NC1CN(C(=O)c2cccc3ncccc23)C1. The summed E-state index contributed by atoms with van der Waals surface area (Å²) in [4.78, 5) is 18.2. The van der Waals surface area contributed by atoms with Crippen molar-refractivity contribution in [2.75, 3.05) is 13.1 Å². The fraction of sp³-hybridized carbons (Fsp3) is 0.231. The van der Waals surface area contributed by atoms with Crippen LogP contribution in [0.15, 0.2) is 36.5 Å². The number of likely N-dealkylation sites (tertiary alicyclic amines) is 1. The number of pyridine rings is 1. The maximum Gasteiger partial charge on any atom is 0.254 e. The Morgan fingerprint density at radius 3 is 2.88 bits per heavy atom. The smallest absolute Gasteiger partial charge is 0.254 e. The first-order valence-corrected chi connectivity index (χ1v) is 5.64. The van der Waals surface area contributed by atoms with Gasteiger partial charge in [-0.15, -0.1) is 0 Å². The molecule has 1 fully saturated rings.